The Hall–Kier alpha value is -0.750. The number of amides is 1. The summed E-state index contributed by atoms with van der Waals surface area (Å²) in [5.41, 5.74) is 5.59. The number of rotatable bonds is 5. The van der Waals surface area contributed by atoms with Gasteiger partial charge >= 0.3 is 5.97 Å². The van der Waals surface area contributed by atoms with Crippen molar-refractivity contribution in [1.82, 2.24) is 4.90 Å². The van der Waals surface area contributed by atoms with Gasteiger partial charge in [-0.1, -0.05) is 6.92 Å². The summed E-state index contributed by atoms with van der Waals surface area (Å²) in [6.45, 7) is 3.92. The maximum atomic E-state index is 11.9. The van der Waals surface area contributed by atoms with Gasteiger partial charge in [0.25, 0.3) is 0 Å². The van der Waals surface area contributed by atoms with Crippen molar-refractivity contribution >= 4 is 23.6 Å². The zero-order chi connectivity index (χ0) is 13.5. The van der Waals surface area contributed by atoms with E-state index < -0.39 is 12.0 Å². The lowest BCUT2D eigenvalue weighted by Gasteiger charge is -2.30. The predicted octanol–water partition coefficient (Wildman–Crippen LogP) is 0.478. The quantitative estimate of drug-likeness (QED) is 0.738. The predicted molar refractivity (Wildman–Crippen MR) is 72.3 cm³/mol. The third-order valence-electron chi connectivity index (χ3n) is 3.16. The molecule has 1 heterocycles. The number of nitrogens with zero attached hydrogens (tertiary/aromatic N) is 1. The van der Waals surface area contributed by atoms with E-state index in [1.54, 1.807) is 0 Å². The van der Waals surface area contributed by atoms with Gasteiger partial charge < -0.3 is 15.4 Å². The van der Waals surface area contributed by atoms with Crippen molar-refractivity contribution in [2.24, 2.45) is 11.7 Å². The van der Waals surface area contributed by atoms with Crippen molar-refractivity contribution in [3.05, 3.63) is 0 Å². The van der Waals surface area contributed by atoms with Gasteiger partial charge in [-0.15, -0.1) is 11.8 Å². The van der Waals surface area contributed by atoms with E-state index in [4.69, 9.17) is 5.73 Å². The van der Waals surface area contributed by atoms with Crippen LogP contribution in [0.15, 0.2) is 0 Å². The van der Waals surface area contributed by atoms with Crippen LogP contribution in [0.1, 0.15) is 19.8 Å². The molecule has 0 aromatic carbocycles. The molecule has 0 aliphatic carbocycles. The number of nitrogens with two attached hydrogens (primary N) is 1. The highest BCUT2D eigenvalue weighted by atomic mass is 32.2. The topological polar surface area (TPSA) is 72.6 Å². The molecule has 0 aromatic heterocycles. The van der Waals surface area contributed by atoms with Crippen LogP contribution in [0.5, 0.6) is 0 Å². The maximum Gasteiger partial charge on any atom is 0.323 e. The lowest BCUT2D eigenvalue weighted by Crippen LogP contribution is -2.39. The second-order valence-electron chi connectivity index (χ2n) is 4.71. The lowest BCUT2D eigenvalue weighted by molar-refractivity contribution is -0.141. The number of hydrogen-bond donors (Lipinski definition) is 1. The number of esters is 1. The van der Waals surface area contributed by atoms with Crippen molar-refractivity contribution in [3.63, 3.8) is 0 Å². The van der Waals surface area contributed by atoms with Crippen LogP contribution in [0.2, 0.25) is 0 Å². The molecule has 6 heteroatoms. The first-order valence-corrected chi connectivity index (χ1v) is 7.39. The number of carbonyl (C=O) groups excluding carboxylic acids is 2. The van der Waals surface area contributed by atoms with Crippen molar-refractivity contribution in [2.45, 2.75) is 25.8 Å². The zero-order valence-electron chi connectivity index (χ0n) is 11.1. The molecule has 1 amide bonds. The average Bonchev–Trinajstić information content (AvgIpc) is 2.38. The Labute approximate surface area is 112 Å². The molecule has 0 spiro atoms. The van der Waals surface area contributed by atoms with Crippen molar-refractivity contribution in [1.29, 1.82) is 0 Å². The van der Waals surface area contributed by atoms with Gasteiger partial charge in [-0.05, 0) is 18.8 Å². The first kappa shape index (κ1) is 15.3. The first-order valence-electron chi connectivity index (χ1n) is 6.23. The Morgan fingerprint density at radius 3 is 2.61 bits per heavy atom. The molecule has 0 saturated carbocycles. The van der Waals surface area contributed by atoms with Crippen molar-refractivity contribution in [3.8, 4) is 0 Å². The van der Waals surface area contributed by atoms with Gasteiger partial charge in [0.15, 0.2) is 0 Å². The average molecular weight is 274 g/mol. The molecule has 18 heavy (non-hydrogen) atoms. The van der Waals surface area contributed by atoms with E-state index in [-0.39, 0.29) is 5.91 Å². The largest absolute Gasteiger partial charge is 0.468 e. The molecule has 1 saturated heterocycles. The fourth-order valence-electron chi connectivity index (χ4n) is 1.84. The third-order valence-corrected chi connectivity index (χ3v) is 4.21. The van der Waals surface area contributed by atoms with Gasteiger partial charge in [0, 0.05) is 18.8 Å². The van der Waals surface area contributed by atoms with E-state index >= 15 is 0 Å². The standard InChI is InChI=1S/C12H22N2O3S/c1-9-3-5-14(6-4-9)11(15)8-18-7-10(13)12(16)17-2/h9-10H,3-8,13H2,1-2H3. The third kappa shape index (κ3) is 4.86. The zero-order valence-corrected chi connectivity index (χ0v) is 11.9. The summed E-state index contributed by atoms with van der Waals surface area (Å²) in [7, 11) is 1.31. The van der Waals surface area contributed by atoms with Gasteiger partial charge in [-0.2, -0.15) is 0 Å². The van der Waals surface area contributed by atoms with Crippen LogP contribution >= 0.6 is 11.8 Å². The number of methoxy groups -OCH3 is 1. The van der Waals surface area contributed by atoms with Crippen LogP contribution in [-0.4, -0.2) is 54.5 Å². The summed E-state index contributed by atoms with van der Waals surface area (Å²) in [6, 6.07) is -0.644. The molecule has 5 nitrogen and oxygen atoms in total. The number of thioether (sulfide) groups is 1. The molecule has 1 aliphatic rings. The smallest absolute Gasteiger partial charge is 0.323 e. The Morgan fingerprint density at radius 2 is 2.06 bits per heavy atom. The minimum Gasteiger partial charge on any atom is -0.468 e. The first-order chi connectivity index (χ1) is 8.54. The van der Waals surface area contributed by atoms with E-state index in [9.17, 15) is 9.59 Å². The van der Waals surface area contributed by atoms with E-state index in [1.165, 1.54) is 18.9 Å². The molecule has 0 bridgehead atoms. The van der Waals surface area contributed by atoms with Gasteiger partial charge in [0.1, 0.15) is 6.04 Å². The molecule has 0 aromatic rings. The number of hydrogen-bond acceptors (Lipinski definition) is 5. The van der Waals surface area contributed by atoms with E-state index in [0.717, 1.165) is 31.8 Å². The fourth-order valence-corrected chi connectivity index (χ4v) is 2.71. The second kappa shape index (κ2) is 7.63. The Morgan fingerprint density at radius 1 is 1.44 bits per heavy atom. The monoisotopic (exact) mass is 274 g/mol. The van der Waals surface area contributed by atoms with Gasteiger partial charge in [0.2, 0.25) is 5.91 Å². The Balaban J connectivity index is 2.19. The van der Waals surface area contributed by atoms with Crippen molar-refractivity contribution < 1.29 is 14.3 Å². The molecular formula is C12H22N2O3S. The SMILES string of the molecule is COC(=O)C(N)CSCC(=O)N1CCC(C)CC1. The van der Waals surface area contributed by atoms with Crippen LogP contribution in [0.4, 0.5) is 0 Å². The van der Waals surface area contributed by atoms with Gasteiger partial charge in [-0.3, -0.25) is 9.59 Å². The highest BCUT2D eigenvalue weighted by Crippen LogP contribution is 2.17. The van der Waals surface area contributed by atoms with Crippen LogP contribution in [-0.2, 0) is 14.3 Å². The van der Waals surface area contributed by atoms with Crippen molar-refractivity contribution in [2.75, 3.05) is 31.7 Å². The molecule has 1 unspecified atom stereocenters. The summed E-state index contributed by atoms with van der Waals surface area (Å²) in [5, 5.41) is 0. The van der Waals surface area contributed by atoms with Gasteiger partial charge in [-0.25, -0.2) is 0 Å². The maximum absolute atomic E-state index is 11.9. The summed E-state index contributed by atoms with van der Waals surface area (Å²) in [6.07, 6.45) is 2.16. The lowest BCUT2D eigenvalue weighted by atomic mass is 9.99. The van der Waals surface area contributed by atoms with E-state index in [0.29, 0.717) is 11.5 Å². The highest BCUT2D eigenvalue weighted by molar-refractivity contribution is 8.00. The summed E-state index contributed by atoms with van der Waals surface area (Å²) in [5.74, 6) is 1.24. The molecule has 1 atom stereocenters. The number of piperidine rings is 1. The van der Waals surface area contributed by atoms with Crippen LogP contribution in [0, 0.1) is 5.92 Å². The summed E-state index contributed by atoms with van der Waals surface area (Å²) >= 11 is 1.39. The molecular weight excluding hydrogens is 252 g/mol. The van der Waals surface area contributed by atoms with Crippen LogP contribution < -0.4 is 5.73 Å². The van der Waals surface area contributed by atoms with Gasteiger partial charge in [0.05, 0.1) is 12.9 Å². The number of carbonyl (C=O) groups is 2. The van der Waals surface area contributed by atoms with E-state index in [1.807, 2.05) is 4.90 Å². The summed E-state index contributed by atoms with van der Waals surface area (Å²) < 4.78 is 4.53. The fraction of sp³-hybridized carbons (Fsp3) is 0.833. The molecule has 0 radical (unpaired) electrons. The highest BCUT2D eigenvalue weighted by Gasteiger charge is 2.21. The number of likely N-dealkylation sites (tertiary alicyclic amines) is 1. The molecule has 2 N–H and O–H groups in total. The molecule has 1 aliphatic heterocycles. The van der Waals surface area contributed by atoms with E-state index in [2.05, 4.69) is 11.7 Å². The molecule has 1 fully saturated rings. The van der Waals surface area contributed by atoms with Crippen LogP contribution in [0.25, 0.3) is 0 Å². The molecule has 1 rings (SSSR count). The minimum atomic E-state index is -0.644. The second-order valence-corrected chi connectivity index (χ2v) is 5.74. The molecule has 104 valence electrons. The summed E-state index contributed by atoms with van der Waals surface area (Å²) in [4.78, 5) is 24.8. The normalized spacial score (nSPS) is 18.5. The minimum absolute atomic E-state index is 0.143. The number of ether oxygens (including phenoxy) is 1. The Bertz CT molecular complexity index is 291. The Kier molecular flexibility index (Phi) is 6.49. The van der Waals surface area contributed by atoms with Crippen LogP contribution in [0.3, 0.4) is 0 Å².